The van der Waals surface area contributed by atoms with Crippen LogP contribution in [0.5, 0.6) is 0 Å². The maximum atomic E-state index is 9.06. The van der Waals surface area contributed by atoms with Gasteiger partial charge in [-0.2, -0.15) is 0 Å². The molecule has 0 spiro atoms. The van der Waals surface area contributed by atoms with E-state index in [9.17, 15) is 0 Å². The second-order valence-corrected chi connectivity index (χ2v) is 3.80. The average Bonchev–Trinajstić information content (AvgIpc) is 2.35. The van der Waals surface area contributed by atoms with Crippen LogP contribution in [0.25, 0.3) is 10.8 Å². The van der Waals surface area contributed by atoms with Gasteiger partial charge in [-0.05, 0) is 18.4 Å². The lowest BCUT2D eigenvalue weighted by Crippen LogP contribution is -2.26. The van der Waals surface area contributed by atoms with Gasteiger partial charge in [0, 0.05) is 24.2 Å². The van der Waals surface area contributed by atoms with Crippen LogP contribution in [0.3, 0.4) is 0 Å². The molecule has 0 aliphatic carbocycles. The van der Waals surface area contributed by atoms with Gasteiger partial charge in [0.25, 0.3) is 0 Å². The Morgan fingerprint density at radius 3 is 2.56 bits per heavy atom. The molecule has 2 nitrogen and oxygen atoms in total. The van der Waals surface area contributed by atoms with E-state index in [-0.39, 0.29) is 6.61 Å². The van der Waals surface area contributed by atoms with E-state index >= 15 is 0 Å². The lowest BCUT2D eigenvalue weighted by Gasteiger charge is -2.23. The Morgan fingerprint density at radius 2 is 1.81 bits per heavy atom. The average molecular weight is 215 g/mol. The highest BCUT2D eigenvalue weighted by Crippen LogP contribution is 2.26. The third-order valence-corrected chi connectivity index (χ3v) is 2.86. The van der Waals surface area contributed by atoms with Crippen LogP contribution in [0.2, 0.25) is 0 Å². The predicted molar refractivity (Wildman–Crippen MR) is 68.9 cm³/mol. The highest BCUT2D eigenvalue weighted by Gasteiger charge is 2.06. The molecule has 0 bridgehead atoms. The fraction of sp³-hybridized carbons (Fsp3) is 0.286. The van der Waals surface area contributed by atoms with Gasteiger partial charge in [0.05, 0.1) is 6.61 Å². The second-order valence-electron chi connectivity index (χ2n) is 3.80. The van der Waals surface area contributed by atoms with Crippen molar-refractivity contribution < 1.29 is 5.11 Å². The van der Waals surface area contributed by atoms with E-state index in [1.54, 1.807) is 0 Å². The van der Waals surface area contributed by atoms with Gasteiger partial charge in [0.2, 0.25) is 0 Å². The lowest BCUT2D eigenvalue weighted by molar-refractivity contribution is 0.302. The fourth-order valence-electron chi connectivity index (χ4n) is 2.05. The molecule has 0 aliphatic heterocycles. The standard InChI is InChI=1S/C14H17NO/c1-2-15(10-11-16)14-9-5-7-12-6-3-4-8-13(12)14/h3-9,16H,2,10-11H2,1H3. The van der Waals surface area contributed by atoms with Crippen LogP contribution in [-0.2, 0) is 0 Å². The number of aliphatic hydroxyl groups is 1. The molecule has 2 aromatic carbocycles. The van der Waals surface area contributed by atoms with E-state index in [2.05, 4.69) is 54.3 Å². The van der Waals surface area contributed by atoms with Crippen molar-refractivity contribution in [1.82, 2.24) is 0 Å². The van der Waals surface area contributed by atoms with Crippen molar-refractivity contribution in [1.29, 1.82) is 0 Å². The van der Waals surface area contributed by atoms with Gasteiger partial charge in [-0.3, -0.25) is 0 Å². The Kier molecular flexibility index (Phi) is 3.42. The van der Waals surface area contributed by atoms with Gasteiger partial charge in [0.15, 0.2) is 0 Å². The largest absolute Gasteiger partial charge is 0.395 e. The van der Waals surface area contributed by atoms with Gasteiger partial charge in [-0.1, -0.05) is 36.4 Å². The molecule has 0 fully saturated rings. The van der Waals surface area contributed by atoms with E-state index in [4.69, 9.17) is 5.11 Å². The SMILES string of the molecule is CCN(CCO)c1cccc2ccccc12. The number of nitrogens with zero attached hydrogens (tertiary/aromatic N) is 1. The lowest BCUT2D eigenvalue weighted by atomic mass is 10.1. The first-order valence-electron chi connectivity index (χ1n) is 5.70. The Bertz CT molecular complexity index is 462. The van der Waals surface area contributed by atoms with Gasteiger partial charge in [-0.25, -0.2) is 0 Å². The minimum atomic E-state index is 0.192. The van der Waals surface area contributed by atoms with E-state index in [1.165, 1.54) is 16.5 Å². The maximum absolute atomic E-state index is 9.06. The Morgan fingerprint density at radius 1 is 1.06 bits per heavy atom. The van der Waals surface area contributed by atoms with Gasteiger partial charge >= 0.3 is 0 Å². The molecule has 0 radical (unpaired) electrons. The summed E-state index contributed by atoms with van der Waals surface area (Å²) in [5.74, 6) is 0. The molecule has 84 valence electrons. The summed E-state index contributed by atoms with van der Waals surface area (Å²) in [7, 11) is 0. The minimum absolute atomic E-state index is 0.192. The van der Waals surface area contributed by atoms with Crippen LogP contribution in [0.4, 0.5) is 5.69 Å². The van der Waals surface area contributed by atoms with Crippen LogP contribution >= 0.6 is 0 Å². The smallest absolute Gasteiger partial charge is 0.0606 e. The summed E-state index contributed by atoms with van der Waals surface area (Å²) in [6, 6.07) is 14.6. The van der Waals surface area contributed by atoms with Crippen molar-refractivity contribution in [3.05, 3.63) is 42.5 Å². The summed E-state index contributed by atoms with van der Waals surface area (Å²) < 4.78 is 0. The van der Waals surface area contributed by atoms with E-state index in [0.29, 0.717) is 6.54 Å². The monoisotopic (exact) mass is 215 g/mol. The normalized spacial score (nSPS) is 10.6. The van der Waals surface area contributed by atoms with Crippen LogP contribution < -0.4 is 4.90 Å². The number of hydrogen-bond donors (Lipinski definition) is 1. The van der Waals surface area contributed by atoms with Gasteiger partial charge in [0.1, 0.15) is 0 Å². The Hall–Kier alpha value is -1.54. The second kappa shape index (κ2) is 4.99. The van der Waals surface area contributed by atoms with Gasteiger partial charge < -0.3 is 10.0 Å². The molecule has 2 rings (SSSR count). The third kappa shape index (κ3) is 2.02. The highest BCUT2D eigenvalue weighted by molar-refractivity contribution is 5.94. The minimum Gasteiger partial charge on any atom is -0.395 e. The highest BCUT2D eigenvalue weighted by atomic mass is 16.3. The molecule has 0 unspecified atom stereocenters. The van der Waals surface area contributed by atoms with Crippen molar-refractivity contribution in [2.24, 2.45) is 0 Å². The van der Waals surface area contributed by atoms with Crippen molar-refractivity contribution in [2.75, 3.05) is 24.6 Å². The number of hydrogen-bond acceptors (Lipinski definition) is 2. The van der Waals surface area contributed by atoms with Crippen LogP contribution in [0, 0.1) is 0 Å². The summed E-state index contributed by atoms with van der Waals surface area (Å²) in [5.41, 5.74) is 1.20. The zero-order chi connectivity index (χ0) is 11.4. The number of rotatable bonds is 4. The third-order valence-electron chi connectivity index (χ3n) is 2.86. The molecule has 2 heteroatoms. The molecule has 0 aromatic heterocycles. The van der Waals surface area contributed by atoms with Crippen molar-refractivity contribution in [2.45, 2.75) is 6.92 Å². The maximum Gasteiger partial charge on any atom is 0.0606 e. The first-order valence-corrected chi connectivity index (χ1v) is 5.70. The van der Waals surface area contributed by atoms with Crippen molar-refractivity contribution in [3.8, 4) is 0 Å². The molecule has 0 atom stereocenters. The molecule has 1 N–H and O–H groups in total. The van der Waals surface area contributed by atoms with E-state index < -0.39 is 0 Å². The zero-order valence-corrected chi connectivity index (χ0v) is 9.56. The summed E-state index contributed by atoms with van der Waals surface area (Å²) in [4.78, 5) is 2.20. The van der Waals surface area contributed by atoms with Crippen LogP contribution in [0.15, 0.2) is 42.5 Å². The molecule has 16 heavy (non-hydrogen) atoms. The van der Waals surface area contributed by atoms with Crippen LogP contribution in [0.1, 0.15) is 6.92 Å². The van der Waals surface area contributed by atoms with Crippen LogP contribution in [-0.4, -0.2) is 24.8 Å². The number of likely N-dealkylation sites (N-methyl/N-ethyl adjacent to an activating group) is 1. The molecule has 0 amide bonds. The predicted octanol–water partition coefficient (Wildman–Crippen LogP) is 2.66. The van der Waals surface area contributed by atoms with Crippen molar-refractivity contribution in [3.63, 3.8) is 0 Å². The molecule has 0 aliphatic rings. The molecule has 2 aromatic rings. The Labute approximate surface area is 96.1 Å². The summed E-state index contributed by atoms with van der Waals surface area (Å²) >= 11 is 0. The molecule has 0 saturated heterocycles. The van der Waals surface area contributed by atoms with E-state index in [0.717, 1.165) is 6.54 Å². The summed E-state index contributed by atoms with van der Waals surface area (Å²) in [5, 5.41) is 11.6. The number of fused-ring (bicyclic) bond motifs is 1. The van der Waals surface area contributed by atoms with Crippen molar-refractivity contribution >= 4 is 16.5 Å². The first-order chi connectivity index (χ1) is 7.86. The zero-order valence-electron chi connectivity index (χ0n) is 9.56. The molecular formula is C14H17NO. The van der Waals surface area contributed by atoms with Gasteiger partial charge in [-0.15, -0.1) is 0 Å². The number of anilines is 1. The molecule has 0 heterocycles. The number of benzene rings is 2. The summed E-state index contributed by atoms with van der Waals surface area (Å²) in [6.45, 7) is 3.90. The topological polar surface area (TPSA) is 23.5 Å². The quantitative estimate of drug-likeness (QED) is 0.847. The number of aliphatic hydroxyl groups excluding tert-OH is 1. The fourth-order valence-corrected chi connectivity index (χ4v) is 2.05. The Balaban J connectivity index is 2.50. The molecular weight excluding hydrogens is 198 g/mol. The van der Waals surface area contributed by atoms with E-state index in [1.807, 2.05) is 0 Å². The molecule has 0 saturated carbocycles. The first kappa shape index (κ1) is 11.0. The summed E-state index contributed by atoms with van der Waals surface area (Å²) in [6.07, 6.45) is 0.